The Morgan fingerprint density at radius 2 is 1.38 bits per heavy atom. The van der Waals surface area contributed by atoms with Gasteiger partial charge >= 0.3 is 0 Å². The topological polar surface area (TPSA) is 20.2 Å². The van der Waals surface area contributed by atoms with Crippen LogP contribution in [0.15, 0.2) is 36.4 Å². The molecular formula is C23H32O. The number of phenols is 1. The lowest BCUT2D eigenvalue weighted by molar-refractivity contribution is 0.431. The van der Waals surface area contributed by atoms with Gasteiger partial charge in [0.25, 0.3) is 0 Å². The van der Waals surface area contributed by atoms with E-state index in [0.29, 0.717) is 23.5 Å². The Labute approximate surface area is 147 Å². The number of benzene rings is 1. The second-order valence-corrected chi connectivity index (χ2v) is 9.73. The monoisotopic (exact) mass is 324 g/mol. The molecule has 24 heavy (non-hydrogen) atoms. The van der Waals surface area contributed by atoms with E-state index in [-0.39, 0.29) is 10.8 Å². The molecule has 3 rings (SSSR count). The molecule has 1 N–H and O–H groups in total. The first kappa shape index (κ1) is 17.3. The summed E-state index contributed by atoms with van der Waals surface area (Å²) in [6.45, 7) is 13.4. The zero-order valence-electron chi connectivity index (χ0n) is 16.1. The van der Waals surface area contributed by atoms with Crippen molar-refractivity contribution in [3.8, 4) is 5.75 Å². The number of fused-ring (bicyclic) bond motifs is 1. The van der Waals surface area contributed by atoms with E-state index in [9.17, 15) is 5.11 Å². The van der Waals surface area contributed by atoms with Crippen LogP contribution >= 0.6 is 0 Å². The Balaban J connectivity index is 2.07. The number of phenolic OH excluding ortho intramolecular Hbond substituents is 1. The van der Waals surface area contributed by atoms with Gasteiger partial charge in [0, 0.05) is 0 Å². The zero-order valence-corrected chi connectivity index (χ0v) is 16.1. The Morgan fingerprint density at radius 1 is 0.833 bits per heavy atom. The van der Waals surface area contributed by atoms with Crippen molar-refractivity contribution in [2.45, 2.75) is 71.1 Å². The minimum absolute atomic E-state index is 0.0503. The van der Waals surface area contributed by atoms with Crippen molar-refractivity contribution in [1.29, 1.82) is 0 Å². The number of aromatic hydroxyl groups is 1. The van der Waals surface area contributed by atoms with Gasteiger partial charge in [0.2, 0.25) is 0 Å². The van der Waals surface area contributed by atoms with Crippen molar-refractivity contribution in [2.75, 3.05) is 0 Å². The van der Waals surface area contributed by atoms with Crippen LogP contribution in [0.25, 0.3) is 0 Å². The molecule has 1 aromatic rings. The average Bonchev–Trinajstić information content (AvgIpc) is 2.88. The molecule has 0 spiro atoms. The van der Waals surface area contributed by atoms with Gasteiger partial charge in [0.15, 0.2) is 0 Å². The largest absolute Gasteiger partial charge is 0.507 e. The highest BCUT2D eigenvalue weighted by molar-refractivity contribution is 5.50. The molecule has 0 bridgehead atoms. The molecule has 0 amide bonds. The third-order valence-corrected chi connectivity index (χ3v) is 5.74. The van der Waals surface area contributed by atoms with Crippen LogP contribution in [0, 0.1) is 11.8 Å². The fraction of sp³-hybridized carbons (Fsp3) is 0.565. The number of hydrogen-bond donors (Lipinski definition) is 1. The normalized spacial score (nSPS) is 26.7. The molecule has 1 fully saturated rings. The van der Waals surface area contributed by atoms with E-state index in [2.05, 4.69) is 78.0 Å². The van der Waals surface area contributed by atoms with Crippen LogP contribution in [-0.2, 0) is 10.8 Å². The first-order valence-corrected chi connectivity index (χ1v) is 9.30. The second kappa shape index (κ2) is 5.79. The van der Waals surface area contributed by atoms with Gasteiger partial charge in [0.05, 0.1) is 0 Å². The quantitative estimate of drug-likeness (QED) is 0.650. The summed E-state index contributed by atoms with van der Waals surface area (Å²) in [7, 11) is 0. The van der Waals surface area contributed by atoms with Crippen molar-refractivity contribution in [2.24, 2.45) is 11.8 Å². The molecule has 1 nitrogen and oxygen atoms in total. The van der Waals surface area contributed by atoms with Gasteiger partial charge in [-0.25, -0.2) is 0 Å². The molecule has 2 aliphatic rings. The van der Waals surface area contributed by atoms with Crippen LogP contribution in [0.2, 0.25) is 0 Å². The molecule has 2 atom stereocenters. The summed E-state index contributed by atoms with van der Waals surface area (Å²) in [5.41, 5.74) is 3.63. The fourth-order valence-corrected chi connectivity index (χ4v) is 4.19. The number of hydrogen-bond acceptors (Lipinski definition) is 1. The van der Waals surface area contributed by atoms with E-state index in [1.54, 1.807) is 0 Å². The molecule has 2 unspecified atom stereocenters. The first-order valence-electron chi connectivity index (χ1n) is 9.30. The van der Waals surface area contributed by atoms with Crippen molar-refractivity contribution in [1.82, 2.24) is 0 Å². The highest BCUT2D eigenvalue weighted by atomic mass is 16.3. The standard InChI is InChI=1S/C23H32O/c1-22(2,3)18-13-19(21(24)20(14-18)23(4,5)6)17-11-15-9-7-8-10-16(15)12-17/h7-10,13-17,24H,11-12H2,1-6H3. The van der Waals surface area contributed by atoms with Crippen LogP contribution in [-0.4, -0.2) is 5.11 Å². The summed E-state index contributed by atoms with van der Waals surface area (Å²) in [5.74, 6) is 2.26. The number of rotatable bonds is 1. The van der Waals surface area contributed by atoms with Gasteiger partial charge in [-0.3, -0.25) is 0 Å². The maximum Gasteiger partial charge on any atom is 0.122 e. The second-order valence-electron chi connectivity index (χ2n) is 9.73. The van der Waals surface area contributed by atoms with Crippen molar-refractivity contribution < 1.29 is 5.11 Å². The lowest BCUT2D eigenvalue weighted by atomic mass is 9.77. The molecule has 2 aliphatic carbocycles. The van der Waals surface area contributed by atoms with Crippen molar-refractivity contribution >= 4 is 0 Å². The lowest BCUT2D eigenvalue weighted by Crippen LogP contribution is -2.18. The summed E-state index contributed by atoms with van der Waals surface area (Å²) in [6.07, 6.45) is 11.3. The zero-order chi connectivity index (χ0) is 17.7. The molecule has 0 aromatic heterocycles. The molecule has 1 heteroatoms. The molecule has 0 radical (unpaired) electrons. The molecule has 0 aliphatic heterocycles. The third-order valence-electron chi connectivity index (χ3n) is 5.74. The minimum atomic E-state index is -0.0503. The highest BCUT2D eigenvalue weighted by Gasteiger charge is 2.36. The Hall–Kier alpha value is -1.50. The van der Waals surface area contributed by atoms with E-state index in [4.69, 9.17) is 0 Å². The van der Waals surface area contributed by atoms with Gasteiger partial charge in [0.1, 0.15) is 5.75 Å². The average molecular weight is 325 g/mol. The van der Waals surface area contributed by atoms with Gasteiger partial charge in [-0.1, -0.05) is 78.0 Å². The summed E-state index contributed by atoms with van der Waals surface area (Å²) in [5, 5.41) is 11.1. The smallest absolute Gasteiger partial charge is 0.122 e. The van der Waals surface area contributed by atoms with Gasteiger partial charge in [-0.2, -0.15) is 0 Å². The maximum absolute atomic E-state index is 11.1. The summed E-state index contributed by atoms with van der Waals surface area (Å²) in [6, 6.07) is 4.50. The SMILES string of the molecule is CC(C)(C)c1cc(C2CC3C=CC=CC3C2)c(O)c(C(C)(C)C)c1. The Bertz CT molecular complexity index is 659. The minimum Gasteiger partial charge on any atom is -0.507 e. The molecule has 0 saturated heterocycles. The molecule has 130 valence electrons. The third kappa shape index (κ3) is 3.18. The maximum atomic E-state index is 11.1. The molecule has 1 aromatic carbocycles. The van der Waals surface area contributed by atoms with E-state index < -0.39 is 0 Å². The summed E-state index contributed by atoms with van der Waals surface area (Å²) >= 11 is 0. The van der Waals surface area contributed by atoms with Gasteiger partial charge in [-0.05, 0) is 58.1 Å². The van der Waals surface area contributed by atoms with Crippen LogP contribution in [0.5, 0.6) is 5.75 Å². The van der Waals surface area contributed by atoms with E-state index in [1.165, 1.54) is 11.1 Å². The van der Waals surface area contributed by atoms with E-state index in [1.807, 2.05) is 0 Å². The van der Waals surface area contributed by atoms with E-state index in [0.717, 1.165) is 18.4 Å². The highest BCUT2D eigenvalue weighted by Crippen LogP contribution is 2.49. The van der Waals surface area contributed by atoms with Crippen LogP contribution < -0.4 is 0 Å². The summed E-state index contributed by atoms with van der Waals surface area (Å²) < 4.78 is 0. The summed E-state index contributed by atoms with van der Waals surface area (Å²) in [4.78, 5) is 0. The van der Waals surface area contributed by atoms with E-state index >= 15 is 0 Å². The van der Waals surface area contributed by atoms with Crippen molar-refractivity contribution in [3.63, 3.8) is 0 Å². The van der Waals surface area contributed by atoms with Crippen molar-refractivity contribution in [3.05, 3.63) is 53.1 Å². The number of allylic oxidation sites excluding steroid dienone is 4. The van der Waals surface area contributed by atoms with Gasteiger partial charge < -0.3 is 5.11 Å². The fourth-order valence-electron chi connectivity index (χ4n) is 4.19. The predicted molar refractivity (Wildman–Crippen MR) is 103 cm³/mol. The van der Waals surface area contributed by atoms with Crippen LogP contribution in [0.1, 0.15) is 77.0 Å². The van der Waals surface area contributed by atoms with Crippen LogP contribution in [0.3, 0.4) is 0 Å². The lowest BCUT2D eigenvalue weighted by Gasteiger charge is -2.29. The Morgan fingerprint density at radius 3 is 1.83 bits per heavy atom. The Kier molecular flexibility index (Phi) is 4.18. The van der Waals surface area contributed by atoms with Gasteiger partial charge in [-0.15, -0.1) is 0 Å². The first-order chi connectivity index (χ1) is 11.1. The molecular weight excluding hydrogens is 292 g/mol. The predicted octanol–water partition coefficient (Wildman–Crippen LogP) is 6.22. The van der Waals surface area contributed by atoms with Crippen LogP contribution in [0.4, 0.5) is 0 Å². The molecule has 1 saturated carbocycles. The molecule has 0 heterocycles.